The van der Waals surface area contributed by atoms with Crippen LogP contribution in [0.4, 0.5) is 0 Å². The first kappa shape index (κ1) is 17.9. The minimum Gasteiger partial charge on any atom is -0.343 e. The number of nitrogens with zero attached hydrogens (tertiary/aromatic N) is 3. The van der Waals surface area contributed by atoms with Crippen LogP contribution in [0, 0.1) is 12.8 Å². The lowest BCUT2D eigenvalue weighted by molar-refractivity contribution is -0.134. The van der Waals surface area contributed by atoms with Gasteiger partial charge < -0.3 is 9.80 Å². The second kappa shape index (κ2) is 8.45. The van der Waals surface area contributed by atoms with Gasteiger partial charge in [0.05, 0.1) is 0 Å². The van der Waals surface area contributed by atoms with Gasteiger partial charge in [0.25, 0.3) is 0 Å². The SMILES string of the molecule is Cc1ccc(CC2CCCN(C(=O)CCCN3CCCC3=O)C2)cn1. The maximum Gasteiger partial charge on any atom is 0.222 e. The van der Waals surface area contributed by atoms with Crippen LogP contribution in [-0.2, 0) is 16.0 Å². The van der Waals surface area contributed by atoms with Crippen LogP contribution in [0.2, 0.25) is 0 Å². The number of rotatable bonds is 6. The molecule has 136 valence electrons. The largest absolute Gasteiger partial charge is 0.343 e. The number of hydrogen-bond donors (Lipinski definition) is 0. The van der Waals surface area contributed by atoms with E-state index in [1.807, 2.05) is 22.9 Å². The first-order valence-electron chi connectivity index (χ1n) is 9.59. The molecule has 3 rings (SSSR count). The van der Waals surface area contributed by atoms with E-state index in [1.54, 1.807) is 0 Å². The van der Waals surface area contributed by atoms with Crippen molar-refractivity contribution in [1.29, 1.82) is 0 Å². The van der Waals surface area contributed by atoms with E-state index in [4.69, 9.17) is 0 Å². The zero-order valence-corrected chi connectivity index (χ0v) is 15.2. The van der Waals surface area contributed by atoms with Crippen molar-refractivity contribution in [3.63, 3.8) is 0 Å². The van der Waals surface area contributed by atoms with Gasteiger partial charge in [0.15, 0.2) is 0 Å². The van der Waals surface area contributed by atoms with Crippen molar-refractivity contribution in [2.75, 3.05) is 26.2 Å². The fraction of sp³-hybridized carbons (Fsp3) is 0.650. The number of aryl methyl sites for hydroxylation is 1. The van der Waals surface area contributed by atoms with Gasteiger partial charge in [0.1, 0.15) is 0 Å². The highest BCUT2D eigenvalue weighted by molar-refractivity contribution is 5.78. The summed E-state index contributed by atoms with van der Waals surface area (Å²) in [7, 11) is 0. The van der Waals surface area contributed by atoms with Crippen LogP contribution < -0.4 is 0 Å². The topological polar surface area (TPSA) is 53.5 Å². The monoisotopic (exact) mass is 343 g/mol. The Morgan fingerprint density at radius 2 is 2.16 bits per heavy atom. The molecule has 0 aromatic carbocycles. The summed E-state index contributed by atoms with van der Waals surface area (Å²) in [5, 5.41) is 0. The van der Waals surface area contributed by atoms with Crippen LogP contribution in [0.25, 0.3) is 0 Å². The van der Waals surface area contributed by atoms with Crippen molar-refractivity contribution < 1.29 is 9.59 Å². The third-order valence-corrected chi connectivity index (χ3v) is 5.36. The molecule has 0 bridgehead atoms. The number of piperidine rings is 1. The Morgan fingerprint density at radius 1 is 1.28 bits per heavy atom. The number of carbonyl (C=O) groups is 2. The summed E-state index contributed by atoms with van der Waals surface area (Å²) in [5.41, 5.74) is 2.30. The second-order valence-electron chi connectivity index (χ2n) is 7.45. The summed E-state index contributed by atoms with van der Waals surface area (Å²) in [6, 6.07) is 4.21. The standard InChI is InChI=1S/C20H29N3O2/c1-16-8-9-17(14-21-16)13-18-5-2-12-23(15-18)20(25)7-4-11-22-10-3-6-19(22)24/h8-9,14,18H,2-7,10-13,15H2,1H3. The Balaban J connectivity index is 1.43. The molecule has 2 saturated heterocycles. The predicted octanol–water partition coefficient (Wildman–Crippen LogP) is 2.57. The Labute approximate surface area is 150 Å². The number of carbonyl (C=O) groups excluding carboxylic acids is 2. The molecule has 2 fully saturated rings. The normalized spacial score (nSPS) is 21.0. The summed E-state index contributed by atoms with van der Waals surface area (Å²) < 4.78 is 0. The number of hydrogen-bond acceptors (Lipinski definition) is 3. The molecule has 2 aliphatic heterocycles. The van der Waals surface area contributed by atoms with E-state index in [9.17, 15) is 9.59 Å². The van der Waals surface area contributed by atoms with Gasteiger partial charge in [-0.1, -0.05) is 6.07 Å². The van der Waals surface area contributed by atoms with E-state index in [-0.39, 0.29) is 11.8 Å². The van der Waals surface area contributed by atoms with E-state index in [0.29, 0.717) is 18.8 Å². The highest BCUT2D eigenvalue weighted by atomic mass is 16.2. The van der Waals surface area contributed by atoms with Crippen molar-refractivity contribution in [2.45, 2.75) is 51.9 Å². The lowest BCUT2D eigenvalue weighted by atomic mass is 9.91. The van der Waals surface area contributed by atoms with Crippen molar-refractivity contribution >= 4 is 11.8 Å². The maximum atomic E-state index is 12.5. The number of amides is 2. The van der Waals surface area contributed by atoms with Crippen LogP contribution >= 0.6 is 0 Å². The molecule has 0 radical (unpaired) electrons. The maximum absolute atomic E-state index is 12.5. The average Bonchev–Trinajstić information content (AvgIpc) is 3.02. The van der Waals surface area contributed by atoms with Crippen LogP contribution in [0.3, 0.4) is 0 Å². The summed E-state index contributed by atoms with van der Waals surface area (Å²) in [6.45, 7) is 5.33. The van der Waals surface area contributed by atoms with Crippen molar-refractivity contribution in [3.8, 4) is 0 Å². The van der Waals surface area contributed by atoms with Gasteiger partial charge in [0.2, 0.25) is 11.8 Å². The molecule has 1 unspecified atom stereocenters. The van der Waals surface area contributed by atoms with E-state index < -0.39 is 0 Å². The molecule has 1 aromatic rings. The first-order valence-corrected chi connectivity index (χ1v) is 9.59. The summed E-state index contributed by atoms with van der Waals surface area (Å²) in [6.07, 6.45) is 8.21. The summed E-state index contributed by atoms with van der Waals surface area (Å²) in [5.74, 6) is 1.03. The van der Waals surface area contributed by atoms with E-state index in [0.717, 1.165) is 57.6 Å². The number of likely N-dealkylation sites (tertiary alicyclic amines) is 2. The van der Waals surface area contributed by atoms with Gasteiger partial charge in [-0.15, -0.1) is 0 Å². The van der Waals surface area contributed by atoms with E-state index >= 15 is 0 Å². The molecular weight excluding hydrogens is 314 g/mol. The highest BCUT2D eigenvalue weighted by Crippen LogP contribution is 2.21. The van der Waals surface area contributed by atoms with Crippen molar-refractivity contribution in [3.05, 3.63) is 29.6 Å². The molecule has 5 nitrogen and oxygen atoms in total. The Kier molecular flexibility index (Phi) is 6.05. The highest BCUT2D eigenvalue weighted by Gasteiger charge is 2.24. The van der Waals surface area contributed by atoms with E-state index in [2.05, 4.69) is 17.1 Å². The van der Waals surface area contributed by atoms with Crippen LogP contribution in [0.5, 0.6) is 0 Å². The Bertz CT molecular complexity index is 599. The first-order chi connectivity index (χ1) is 12.1. The van der Waals surface area contributed by atoms with Crippen molar-refractivity contribution in [1.82, 2.24) is 14.8 Å². The zero-order chi connectivity index (χ0) is 17.6. The molecule has 1 aromatic heterocycles. The minimum atomic E-state index is 0.247. The minimum absolute atomic E-state index is 0.247. The fourth-order valence-corrected chi connectivity index (χ4v) is 3.93. The number of aromatic nitrogens is 1. The molecule has 1 atom stereocenters. The van der Waals surface area contributed by atoms with Gasteiger partial charge in [0, 0.05) is 50.9 Å². The smallest absolute Gasteiger partial charge is 0.222 e. The quantitative estimate of drug-likeness (QED) is 0.798. The zero-order valence-electron chi connectivity index (χ0n) is 15.2. The molecule has 2 aliphatic rings. The van der Waals surface area contributed by atoms with Gasteiger partial charge >= 0.3 is 0 Å². The van der Waals surface area contributed by atoms with Gasteiger partial charge in [-0.2, -0.15) is 0 Å². The van der Waals surface area contributed by atoms with Gasteiger partial charge in [-0.3, -0.25) is 14.6 Å². The molecular formula is C20H29N3O2. The molecule has 0 spiro atoms. The van der Waals surface area contributed by atoms with Crippen molar-refractivity contribution in [2.24, 2.45) is 5.92 Å². The molecule has 2 amide bonds. The summed E-state index contributed by atoms with van der Waals surface area (Å²) in [4.78, 5) is 32.4. The van der Waals surface area contributed by atoms with Crippen LogP contribution in [0.15, 0.2) is 18.3 Å². The Morgan fingerprint density at radius 3 is 2.88 bits per heavy atom. The van der Waals surface area contributed by atoms with Crippen LogP contribution in [-0.4, -0.2) is 52.8 Å². The molecule has 0 saturated carbocycles. The molecule has 0 aliphatic carbocycles. The van der Waals surface area contributed by atoms with Crippen LogP contribution in [0.1, 0.15) is 49.8 Å². The third kappa shape index (κ3) is 5.03. The lowest BCUT2D eigenvalue weighted by Gasteiger charge is -2.33. The fourth-order valence-electron chi connectivity index (χ4n) is 3.93. The molecule has 0 N–H and O–H groups in total. The molecule has 5 heteroatoms. The molecule has 25 heavy (non-hydrogen) atoms. The number of pyridine rings is 1. The van der Waals surface area contributed by atoms with E-state index in [1.165, 1.54) is 12.0 Å². The predicted molar refractivity (Wildman–Crippen MR) is 97.0 cm³/mol. The third-order valence-electron chi connectivity index (χ3n) is 5.36. The van der Waals surface area contributed by atoms with Gasteiger partial charge in [-0.25, -0.2) is 0 Å². The van der Waals surface area contributed by atoms with Gasteiger partial charge in [-0.05, 0) is 56.6 Å². The summed E-state index contributed by atoms with van der Waals surface area (Å²) >= 11 is 0. The second-order valence-corrected chi connectivity index (χ2v) is 7.45. The average molecular weight is 343 g/mol. The lowest BCUT2D eigenvalue weighted by Crippen LogP contribution is -2.40. The Hall–Kier alpha value is -1.91. The molecule has 3 heterocycles.